The van der Waals surface area contributed by atoms with Crippen LogP contribution >= 0.6 is 0 Å². The molecular weight excluding hydrogens is 238 g/mol. The topological polar surface area (TPSA) is 21.7 Å². The fourth-order valence-corrected chi connectivity index (χ4v) is 2.39. The van der Waals surface area contributed by atoms with Gasteiger partial charge in [-0.15, -0.1) is 0 Å². The molecule has 3 nitrogen and oxygen atoms in total. The SMILES string of the molecule is CCc1ccc(OCCCN2CCOCC2)c(C)c1. The Bertz CT molecular complexity index is 386. The van der Waals surface area contributed by atoms with Crippen molar-refractivity contribution in [3.63, 3.8) is 0 Å². The minimum absolute atomic E-state index is 0.795. The van der Waals surface area contributed by atoms with Crippen LogP contribution in [0, 0.1) is 6.92 Å². The Morgan fingerprint density at radius 3 is 2.74 bits per heavy atom. The predicted molar refractivity (Wildman–Crippen MR) is 77.9 cm³/mol. The number of ether oxygens (including phenoxy) is 2. The van der Waals surface area contributed by atoms with Crippen molar-refractivity contribution in [3.8, 4) is 5.75 Å². The molecule has 0 radical (unpaired) electrons. The Morgan fingerprint density at radius 1 is 1.26 bits per heavy atom. The maximum Gasteiger partial charge on any atom is 0.122 e. The number of rotatable bonds is 6. The molecule has 1 aliphatic heterocycles. The Morgan fingerprint density at radius 2 is 2.05 bits per heavy atom. The maximum atomic E-state index is 5.87. The minimum Gasteiger partial charge on any atom is -0.493 e. The van der Waals surface area contributed by atoms with Crippen LogP contribution < -0.4 is 4.74 Å². The molecule has 1 fully saturated rings. The smallest absolute Gasteiger partial charge is 0.122 e. The molecule has 1 aromatic carbocycles. The third-order valence-electron chi connectivity index (χ3n) is 3.63. The molecule has 3 heteroatoms. The van der Waals surface area contributed by atoms with Crippen LogP contribution in [0.1, 0.15) is 24.5 Å². The van der Waals surface area contributed by atoms with Crippen LogP contribution in [0.15, 0.2) is 18.2 Å². The zero-order valence-corrected chi connectivity index (χ0v) is 12.2. The van der Waals surface area contributed by atoms with Gasteiger partial charge in [-0.2, -0.15) is 0 Å². The number of nitrogens with zero attached hydrogens (tertiary/aromatic N) is 1. The van der Waals surface area contributed by atoms with Crippen LogP contribution in [0.3, 0.4) is 0 Å². The lowest BCUT2D eigenvalue weighted by atomic mass is 10.1. The summed E-state index contributed by atoms with van der Waals surface area (Å²) in [6.07, 6.45) is 2.16. The van der Waals surface area contributed by atoms with Crippen LogP contribution in [-0.2, 0) is 11.2 Å². The van der Waals surface area contributed by atoms with Crippen LogP contribution in [0.25, 0.3) is 0 Å². The Hall–Kier alpha value is -1.06. The molecule has 1 aromatic rings. The number of morpholine rings is 1. The highest BCUT2D eigenvalue weighted by Crippen LogP contribution is 2.19. The summed E-state index contributed by atoms with van der Waals surface area (Å²) in [6.45, 7) is 10.1. The van der Waals surface area contributed by atoms with Gasteiger partial charge in [-0.05, 0) is 37.0 Å². The molecule has 1 saturated heterocycles. The van der Waals surface area contributed by atoms with Gasteiger partial charge in [0, 0.05) is 19.6 Å². The minimum atomic E-state index is 0.795. The van der Waals surface area contributed by atoms with E-state index in [1.54, 1.807) is 0 Å². The van der Waals surface area contributed by atoms with Gasteiger partial charge in [-0.1, -0.05) is 19.1 Å². The summed E-state index contributed by atoms with van der Waals surface area (Å²) in [4.78, 5) is 2.44. The van der Waals surface area contributed by atoms with Gasteiger partial charge < -0.3 is 9.47 Å². The fraction of sp³-hybridized carbons (Fsp3) is 0.625. The molecule has 0 amide bonds. The molecule has 19 heavy (non-hydrogen) atoms. The summed E-state index contributed by atoms with van der Waals surface area (Å²) in [5.74, 6) is 1.03. The van der Waals surface area contributed by atoms with Gasteiger partial charge in [0.15, 0.2) is 0 Å². The molecule has 1 heterocycles. The Balaban J connectivity index is 1.70. The van der Waals surface area contributed by atoms with Crippen molar-refractivity contribution in [2.24, 2.45) is 0 Å². The monoisotopic (exact) mass is 263 g/mol. The second-order valence-electron chi connectivity index (χ2n) is 5.11. The van der Waals surface area contributed by atoms with E-state index in [0.717, 1.165) is 58.0 Å². The van der Waals surface area contributed by atoms with Crippen molar-refractivity contribution in [1.82, 2.24) is 4.90 Å². The zero-order valence-electron chi connectivity index (χ0n) is 12.2. The summed E-state index contributed by atoms with van der Waals surface area (Å²) in [6, 6.07) is 6.48. The lowest BCUT2D eigenvalue weighted by Crippen LogP contribution is -2.37. The van der Waals surface area contributed by atoms with Gasteiger partial charge in [0.05, 0.1) is 19.8 Å². The molecule has 0 aliphatic carbocycles. The molecule has 1 aliphatic rings. The molecule has 0 N–H and O–H groups in total. The molecule has 106 valence electrons. The first kappa shape index (κ1) is 14.4. The zero-order chi connectivity index (χ0) is 13.5. The Labute approximate surface area is 116 Å². The number of hydrogen-bond acceptors (Lipinski definition) is 3. The van der Waals surface area contributed by atoms with Crippen LogP contribution in [0.2, 0.25) is 0 Å². The van der Waals surface area contributed by atoms with Crippen LogP contribution in [-0.4, -0.2) is 44.4 Å². The third-order valence-corrected chi connectivity index (χ3v) is 3.63. The van der Waals surface area contributed by atoms with Gasteiger partial charge in [-0.3, -0.25) is 4.90 Å². The van der Waals surface area contributed by atoms with E-state index in [1.807, 2.05) is 0 Å². The lowest BCUT2D eigenvalue weighted by molar-refractivity contribution is 0.0358. The van der Waals surface area contributed by atoms with Crippen molar-refractivity contribution in [1.29, 1.82) is 0 Å². The van der Waals surface area contributed by atoms with Crippen molar-refractivity contribution < 1.29 is 9.47 Å². The second-order valence-corrected chi connectivity index (χ2v) is 5.11. The van der Waals surface area contributed by atoms with E-state index in [0.29, 0.717) is 0 Å². The molecule has 0 spiro atoms. The maximum absolute atomic E-state index is 5.87. The van der Waals surface area contributed by atoms with Crippen molar-refractivity contribution in [2.75, 3.05) is 39.5 Å². The average Bonchev–Trinajstić information content (AvgIpc) is 2.46. The largest absolute Gasteiger partial charge is 0.493 e. The number of hydrogen-bond donors (Lipinski definition) is 0. The number of aryl methyl sites for hydroxylation is 2. The van der Waals surface area contributed by atoms with Gasteiger partial charge in [0.25, 0.3) is 0 Å². The van der Waals surface area contributed by atoms with Gasteiger partial charge >= 0.3 is 0 Å². The van der Waals surface area contributed by atoms with Crippen molar-refractivity contribution in [2.45, 2.75) is 26.7 Å². The van der Waals surface area contributed by atoms with E-state index in [9.17, 15) is 0 Å². The van der Waals surface area contributed by atoms with Crippen molar-refractivity contribution >= 4 is 0 Å². The summed E-state index contributed by atoms with van der Waals surface area (Å²) < 4.78 is 11.2. The summed E-state index contributed by atoms with van der Waals surface area (Å²) in [7, 11) is 0. The summed E-state index contributed by atoms with van der Waals surface area (Å²) in [5, 5.41) is 0. The first-order chi connectivity index (χ1) is 9.29. The van der Waals surface area contributed by atoms with E-state index < -0.39 is 0 Å². The molecule has 0 aromatic heterocycles. The normalized spacial score (nSPS) is 16.5. The highest BCUT2D eigenvalue weighted by molar-refractivity contribution is 5.36. The van der Waals surface area contributed by atoms with E-state index in [1.165, 1.54) is 11.1 Å². The standard InChI is InChI=1S/C16H25NO2/c1-3-15-5-6-16(14(2)13-15)19-10-4-7-17-8-11-18-12-9-17/h5-6,13H,3-4,7-12H2,1-2H3. The third kappa shape index (κ3) is 4.51. The summed E-state index contributed by atoms with van der Waals surface area (Å²) >= 11 is 0. The van der Waals surface area contributed by atoms with Crippen LogP contribution in [0.5, 0.6) is 5.75 Å². The highest BCUT2D eigenvalue weighted by Gasteiger charge is 2.09. The molecule has 0 bridgehead atoms. The van der Waals surface area contributed by atoms with E-state index in [2.05, 4.69) is 36.9 Å². The first-order valence-electron chi connectivity index (χ1n) is 7.32. The molecule has 0 unspecified atom stereocenters. The lowest BCUT2D eigenvalue weighted by Gasteiger charge is -2.26. The average molecular weight is 263 g/mol. The summed E-state index contributed by atoms with van der Waals surface area (Å²) in [5.41, 5.74) is 2.61. The van der Waals surface area contributed by atoms with E-state index in [4.69, 9.17) is 9.47 Å². The predicted octanol–water partition coefficient (Wildman–Crippen LogP) is 2.66. The molecule has 2 rings (SSSR count). The molecule has 0 atom stereocenters. The van der Waals surface area contributed by atoms with Crippen molar-refractivity contribution in [3.05, 3.63) is 29.3 Å². The second kappa shape index (κ2) is 7.51. The van der Waals surface area contributed by atoms with Gasteiger partial charge in [0.2, 0.25) is 0 Å². The van der Waals surface area contributed by atoms with Gasteiger partial charge in [0.1, 0.15) is 5.75 Å². The molecule has 0 saturated carbocycles. The fourth-order valence-electron chi connectivity index (χ4n) is 2.39. The highest BCUT2D eigenvalue weighted by atomic mass is 16.5. The Kier molecular flexibility index (Phi) is 5.67. The first-order valence-corrected chi connectivity index (χ1v) is 7.32. The van der Waals surface area contributed by atoms with E-state index in [-0.39, 0.29) is 0 Å². The number of benzene rings is 1. The van der Waals surface area contributed by atoms with E-state index >= 15 is 0 Å². The molecular formula is C16H25NO2. The van der Waals surface area contributed by atoms with Gasteiger partial charge in [-0.25, -0.2) is 0 Å². The quantitative estimate of drug-likeness (QED) is 0.737. The van der Waals surface area contributed by atoms with Crippen LogP contribution in [0.4, 0.5) is 0 Å².